The molecule has 0 unspecified atom stereocenters. The molecule has 0 saturated carbocycles. The minimum Gasteiger partial charge on any atom is -0.316 e. The Hall–Kier alpha value is -0.820. The van der Waals surface area contributed by atoms with Crippen molar-refractivity contribution in [3.63, 3.8) is 0 Å². The van der Waals surface area contributed by atoms with E-state index in [1.165, 1.54) is 5.56 Å². The first-order valence-electron chi connectivity index (χ1n) is 5.75. The Bertz CT molecular complexity index is 271. The molecule has 0 bridgehead atoms. The second-order valence-corrected chi connectivity index (χ2v) is 5.50. The van der Waals surface area contributed by atoms with Gasteiger partial charge in [0, 0.05) is 13.1 Å². The second kappa shape index (κ2) is 5.32. The van der Waals surface area contributed by atoms with Gasteiger partial charge in [-0.25, -0.2) is 0 Å². The fourth-order valence-electron chi connectivity index (χ4n) is 1.56. The van der Waals surface area contributed by atoms with Crippen LogP contribution in [-0.2, 0) is 0 Å². The SMILES string of the molecule is C[C@@H](CNCC(C)(C)C)c1ccccc1. The highest BCUT2D eigenvalue weighted by atomic mass is 14.9. The van der Waals surface area contributed by atoms with Crippen LogP contribution in [-0.4, -0.2) is 13.1 Å². The average molecular weight is 205 g/mol. The van der Waals surface area contributed by atoms with Crippen molar-refractivity contribution in [2.24, 2.45) is 5.41 Å². The lowest BCUT2D eigenvalue weighted by Gasteiger charge is -2.21. The third kappa shape index (κ3) is 4.98. The van der Waals surface area contributed by atoms with Crippen LogP contribution >= 0.6 is 0 Å². The molecule has 0 amide bonds. The van der Waals surface area contributed by atoms with Crippen molar-refractivity contribution in [1.82, 2.24) is 5.32 Å². The monoisotopic (exact) mass is 205 g/mol. The molecule has 1 atom stereocenters. The lowest BCUT2D eigenvalue weighted by molar-refractivity contribution is 0.375. The number of hydrogen-bond donors (Lipinski definition) is 1. The highest BCUT2D eigenvalue weighted by Gasteiger charge is 2.10. The molecule has 0 aliphatic carbocycles. The zero-order valence-electron chi connectivity index (χ0n) is 10.4. The molecule has 1 rings (SSSR count). The first kappa shape index (κ1) is 12.3. The number of benzene rings is 1. The van der Waals surface area contributed by atoms with Crippen LogP contribution in [0.4, 0.5) is 0 Å². The molecule has 0 aromatic heterocycles. The lowest BCUT2D eigenvalue weighted by Crippen LogP contribution is -2.29. The van der Waals surface area contributed by atoms with Gasteiger partial charge in [-0.15, -0.1) is 0 Å². The van der Waals surface area contributed by atoms with Crippen LogP contribution in [0.25, 0.3) is 0 Å². The van der Waals surface area contributed by atoms with E-state index in [9.17, 15) is 0 Å². The maximum atomic E-state index is 3.52. The zero-order chi connectivity index (χ0) is 11.3. The van der Waals surface area contributed by atoms with E-state index < -0.39 is 0 Å². The molecular formula is C14H23N. The topological polar surface area (TPSA) is 12.0 Å². The van der Waals surface area contributed by atoms with E-state index >= 15 is 0 Å². The highest BCUT2D eigenvalue weighted by Crippen LogP contribution is 2.15. The van der Waals surface area contributed by atoms with Crippen molar-refractivity contribution in [2.75, 3.05) is 13.1 Å². The molecular weight excluding hydrogens is 182 g/mol. The molecule has 0 spiro atoms. The Morgan fingerprint density at radius 2 is 1.73 bits per heavy atom. The van der Waals surface area contributed by atoms with Crippen molar-refractivity contribution < 1.29 is 0 Å². The second-order valence-electron chi connectivity index (χ2n) is 5.50. The summed E-state index contributed by atoms with van der Waals surface area (Å²) < 4.78 is 0. The van der Waals surface area contributed by atoms with Crippen molar-refractivity contribution >= 4 is 0 Å². The molecule has 0 heterocycles. The van der Waals surface area contributed by atoms with Crippen molar-refractivity contribution in [3.8, 4) is 0 Å². The van der Waals surface area contributed by atoms with E-state index in [-0.39, 0.29) is 0 Å². The van der Waals surface area contributed by atoms with Gasteiger partial charge in [-0.2, -0.15) is 0 Å². The van der Waals surface area contributed by atoms with Gasteiger partial charge in [-0.05, 0) is 16.9 Å². The fraction of sp³-hybridized carbons (Fsp3) is 0.571. The number of rotatable bonds is 4. The summed E-state index contributed by atoms with van der Waals surface area (Å²) in [7, 11) is 0. The molecule has 15 heavy (non-hydrogen) atoms. The van der Waals surface area contributed by atoms with Crippen LogP contribution in [0, 0.1) is 5.41 Å². The smallest absolute Gasteiger partial charge is 0.00177 e. The van der Waals surface area contributed by atoms with Gasteiger partial charge in [0.05, 0.1) is 0 Å². The predicted octanol–water partition coefficient (Wildman–Crippen LogP) is 3.43. The summed E-state index contributed by atoms with van der Waals surface area (Å²) in [5.74, 6) is 0.591. The molecule has 84 valence electrons. The first-order chi connectivity index (χ1) is 6.99. The van der Waals surface area contributed by atoms with E-state index in [0.717, 1.165) is 13.1 Å². The van der Waals surface area contributed by atoms with Gasteiger partial charge in [0.25, 0.3) is 0 Å². The van der Waals surface area contributed by atoms with Crippen LogP contribution in [0.2, 0.25) is 0 Å². The van der Waals surface area contributed by atoms with Gasteiger partial charge < -0.3 is 5.32 Å². The number of nitrogens with one attached hydrogen (secondary N) is 1. The molecule has 0 saturated heterocycles. The van der Waals surface area contributed by atoms with Crippen molar-refractivity contribution in [3.05, 3.63) is 35.9 Å². The minimum absolute atomic E-state index is 0.371. The first-order valence-corrected chi connectivity index (χ1v) is 5.75. The Labute approximate surface area is 93.9 Å². The normalized spacial score (nSPS) is 13.9. The van der Waals surface area contributed by atoms with Gasteiger partial charge in [-0.1, -0.05) is 58.0 Å². The van der Waals surface area contributed by atoms with E-state index in [2.05, 4.69) is 63.3 Å². The van der Waals surface area contributed by atoms with E-state index in [1.54, 1.807) is 0 Å². The Kier molecular flexibility index (Phi) is 4.34. The van der Waals surface area contributed by atoms with Crippen molar-refractivity contribution in [2.45, 2.75) is 33.6 Å². The van der Waals surface area contributed by atoms with Gasteiger partial charge >= 0.3 is 0 Å². The quantitative estimate of drug-likeness (QED) is 0.794. The highest BCUT2D eigenvalue weighted by molar-refractivity contribution is 5.18. The third-order valence-electron chi connectivity index (χ3n) is 2.47. The molecule has 1 nitrogen and oxygen atoms in total. The van der Waals surface area contributed by atoms with Crippen LogP contribution in [0.5, 0.6) is 0 Å². The molecule has 0 aliphatic rings. The average Bonchev–Trinajstić information content (AvgIpc) is 2.17. The van der Waals surface area contributed by atoms with Gasteiger partial charge in [-0.3, -0.25) is 0 Å². The molecule has 0 fully saturated rings. The van der Waals surface area contributed by atoms with Crippen LogP contribution < -0.4 is 5.32 Å². The van der Waals surface area contributed by atoms with Gasteiger partial charge in [0.1, 0.15) is 0 Å². The Balaban J connectivity index is 2.34. The summed E-state index contributed by atoms with van der Waals surface area (Å²) in [4.78, 5) is 0. The van der Waals surface area contributed by atoms with Gasteiger partial charge in [0.2, 0.25) is 0 Å². The summed E-state index contributed by atoms with van der Waals surface area (Å²) in [5.41, 5.74) is 1.79. The Morgan fingerprint density at radius 3 is 2.27 bits per heavy atom. The fourth-order valence-corrected chi connectivity index (χ4v) is 1.56. The van der Waals surface area contributed by atoms with Crippen LogP contribution in [0.1, 0.15) is 39.2 Å². The maximum Gasteiger partial charge on any atom is 0.00177 e. The van der Waals surface area contributed by atoms with Crippen LogP contribution in [0.3, 0.4) is 0 Å². The zero-order valence-corrected chi connectivity index (χ0v) is 10.4. The molecule has 0 radical (unpaired) electrons. The molecule has 1 aromatic rings. The lowest BCUT2D eigenvalue weighted by atomic mass is 9.96. The summed E-state index contributed by atoms with van der Waals surface area (Å²) in [6.07, 6.45) is 0. The minimum atomic E-state index is 0.371. The van der Waals surface area contributed by atoms with E-state index in [0.29, 0.717) is 11.3 Å². The summed E-state index contributed by atoms with van der Waals surface area (Å²) in [6, 6.07) is 10.7. The van der Waals surface area contributed by atoms with Crippen LogP contribution in [0.15, 0.2) is 30.3 Å². The maximum absolute atomic E-state index is 3.52. The third-order valence-corrected chi connectivity index (χ3v) is 2.47. The summed E-state index contributed by atoms with van der Waals surface area (Å²) in [6.45, 7) is 11.2. The van der Waals surface area contributed by atoms with E-state index in [4.69, 9.17) is 0 Å². The molecule has 1 heteroatoms. The predicted molar refractivity (Wildman–Crippen MR) is 67.2 cm³/mol. The van der Waals surface area contributed by atoms with Crippen molar-refractivity contribution in [1.29, 1.82) is 0 Å². The standard InChI is InChI=1S/C14H23N/c1-12(10-15-11-14(2,3)4)13-8-6-5-7-9-13/h5-9,12,15H,10-11H2,1-4H3/t12-/m0/s1. The largest absolute Gasteiger partial charge is 0.316 e. The Morgan fingerprint density at radius 1 is 1.13 bits per heavy atom. The summed E-state index contributed by atoms with van der Waals surface area (Å²) in [5, 5.41) is 3.52. The molecule has 1 aromatic carbocycles. The molecule has 0 aliphatic heterocycles. The summed E-state index contributed by atoms with van der Waals surface area (Å²) >= 11 is 0. The number of hydrogen-bond acceptors (Lipinski definition) is 1. The molecule has 1 N–H and O–H groups in total. The van der Waals surface area contributed by atoms with Gasteiger partial charge in [0.15, 0.2) is 0 Å². The van der Waals surface area contributed by atoms with E-state index in [1.807, 2.05) is 0 Å².